The van der Waals surface area contributed by atoms with Crippen LogP contribution in [-0.4, -0.2) is 41.9 Å². The molecule has 0 bridgehead atoms. The second kappa shape index (κ2) is 8.66. The number of aliphatic hydroxyl groups is 1. The fourth-order valence-electron chi connectivity index (χ4n) is 2.82. The third-order valence-corrected chi connectivity index (χ3v) is 4.02. The van der Waals surface area contributed by atoms with Crippen LogP contribution in [0.1, 0.15) is 33.7 Å². The number of aryl methyl sites for hydroxylation is 2. The maximum Gasteiger partial charge on any atom is 0.253 e. The molecule has 2 rings (SSSR count). The van der Waals surface area contributed by atoms with Gasteiger partial charge in [0.1, 0.15) is 0 Å². The van der Waals surface area contributed by atoms with Crippen LogP contribution in [0, 0.1) is 20.8 Å². The molecule has 2 aromatic rings. The lowest BCUT2D eigenvalue weighted by Gasteiger charge is -2.12. The van der Waals surface area contributed by atoms with E-state index < -0.39 is 0 Å². The van der Waals surface area contributed by atoms with E-state index in [9.17, 15) is 4.79 Å². The van der Waals surface area contributed by atoms with E-state index in [4.69, 9.17) is 9.84 Å². The van der Waals surface area contributed by atoms with E-state index in [1.807, 2.05) is 32.0 Å². The van der Waals surface area contributed by atoms with E-state index in [0.717, 1.165) is 23.5 Å². The SMILES string of the molecule is Cc1ccccc1-n1c(C)cc(C(=O)NCCCOCCO)c1C. The second-order valence-corrected chi connectivity index (χ2v) is 5.85. The summed E-state index contributed by atoms with van der Waals surface area (Å²) in [6, 6.07) is 10.1. The van der Waals surface area contributed by atoms with Crippen molar-refractivity contribution in [3.63, 3.8) is 0 Å². The number of hydrogen-bond donors (Lipinski definition) is 2. The average Bonchev–Trinajstić information content (AvgIpc) is 2.86. The average molecular weight is 330 g/mol. The molecule has 0 saturated carbocycles. The first-order valence-electron chi connectivity index (χ1n) is 8.28. The van der Waals surface area contributed by atoms with E-state index in [0.29, 0.717) is 25.3 Å². The molecule has 5 nitrogen and oxygen atoms in total. The number of carbonyl (C=O) groups is 1. The summed E-state index contributed by atoms with van der Waals surface area (Å²) < 4.78 is 7.30. The van der Waals surface area contributed by atoms with Gasteiger partial charge in [0.25, 0.3) is 5.91 Å². The molecule has 0 fully saturated rings. The molecule has 0 radical (unpaired) electrons. The Morgan fingerprint density at radius 1 is 1.21 bits per heavy atom. The van der Waals surface area contributed by atoms with Crippen LogP contribution in [0.4, 0.5) is 0 Å². The summed E-state index contributed by atoms with van der Waals surface area (Å²) in [4.78, 5) is 12.4. The molecule has 1 aromatic carbocycles. The highest BCUT2D eigenvalue weighted by atomic mass is 16.5. The van der Waals surface area contributed by atoms with Crippen LogP contribution in [0.25, 0.3) is 5.69 Å². The Labute approximate surface area is 143 Å². The van der Waals surface area contributed by atoms with Crippen molar-refractivity contribution in [2.45, 2.75) is 27.2 Å². The third-order valence-electron chi connectivity index (χ3n) is 4.02. The normalized spacial score (nSPS) is 10.8. The molecule has 0 aliphatic carbocycles. The number of aliphatic hydroxyl groups excluding tert-OH is 1. The zero-order valence-corrected chi connectivity index (χ0v) is 14.6. The molecule has 24 heavy (non-hydrogen) atoms. The first-order valence-corrected chi connectivity index (χ1v) is 8.28. The summed E-state index contributed by atoms with van der Waals surface area (Å²) in [5.41, 5.74) is 4.96. The summed E-state index contributed by atoms with van der Waals surface area (Å²) in [6.07, 6.45) is 0.724. The summed E-state index contributed by atoms with van der Waals surface area (Å²) in [6.45, 7) is 7.50. The van der Waals surface area contributed by atoms with E-state index in [-0.39, 0.29) is 12.5 Å². The maximum absolute atomic E-state index is 12.4. The first kappa shape index (κ1) is 18.2. The molecule has 1 amide bonds. The van der Waals surface area contributed by atoms with Gasteiger partial charge in [-0.15, -0.1) is 0 Å². The molecule has 0 aliphatic rings. The van der Waals surface area contributed by atoms with Crippen LogP contribution in [0.15, 0.2) is 30.3 Å². The van der Waals surface area contributed by atoms with Gasteiger partial charge >= 0.3 is 0 Å². The Kier molecular flexibility index (Phi) is 6.58. The number of nitrogens with one attached hydrogen (secondary N) is 1. The number of carbonyl (C=O) groups excluding carboxylic acids is 1. The van der Waals surface area contributed by atoms with Crippen molar-refractivity contribution in [3.05, 3.63) is 52.8 Å². The largest absolute Gasteiger partial charge is 0.394 e. The lowest BCUT2D eigenvalue weighted by Crippen LogP contribution is -2.25. The minimum absolute atomic E-state index is 0.0250. The highest BCUT2D eigenvalue weighted by Gasteiger charge is 2.17. The second-order valence-electron chi connectivity index (χ2n) is 5.85. The number of rotatable bonds is 8. The molecule has 0 aliphatic heterocycles. The van der Waals surface area contributed by atoms with Crippen LogP contribution in [0.3, 0.4) is 0 Å². The van der Waals surface area contributed by atoms with Crippen molar-refractivity contribution >= 4 is 5.91 Å². The molecule has 130 valence electrons. The number of nitrogens with zero attached hydrogens (tertiary/aromatic N) is 1. The number of ether oxygens (including phenoxy) is 1. The van der Waals surface area contributed by atoms with Crippen molar-refractivity contribution < 1.29 is 14.6 Å². The molecule has 1 aromatic heterocycles. The Morgan fingerprint density at radius 3 is 2.67 bits per heavy atom. The standard InChI is InChI=1S/C19H26N2O3/c1-14-7-4-5-8-18(14)21-15(2)13-17(16(21)3)19(23)20-9-6-11-24-12-10-22/h4-5,7-8,13,22H,6,9-12H2,1-3H3,(H,20,23). The van der Waals surface area contributed by atoms with Gasteiger partial charge < -0.3 is 19.7 Å². The summed E-state index contributed by atoms with van der Waals surface area (Å²) in [5, 5.41) is 11.6. The van der Waals surface area contributed by atoms with Gasteiger partial charge in [-0.3, -0.25) is 4.79 Å². The van der Waals surface area contributed by atoms with Crippen molar-refractivity contribution in [1.82, 2.24) is 9.88 Å². The van der Waals surface area contributed by atoms with Gasteiger partial charge in [0.15, 0.2) is 0 Å². The number of amides is 1. The molecule has 0 atom stereocenters. The van der Waals surface area contributed by atoms with Crippen molar-refractivity contribution in [1.29, 1.82) is 0 Å². The van der Waals surface area contributed by atoms with E-state index in [2.05, 4.69) is 28.9 Å². The Bertz CT molecular complexity index is 692. The third kappa shape index (κ3) is 4.24. The fourth-order valence-corrected chi connectivity index (χ4v) is 2.82. The van der Waals surface area contributed by atoms with Gasteiger partial charge in [0.05, 0.1) is 18.8 Å². The van der Waals surface area contributed by atoms with Gasteiger partial charge in [0.2, 0.25) is 0 Å². The minimum atomic E-state index is -0.0647. The monoisotopic (exact) mass is 330 g/mol. The predicted octanol–water partition coefficient (Wildman–Crippen LogP) is 2.53. The first-order chi connectivity index (χ1) is 11.6. The summed E-state index contributed by atoms with van der Waals surface area (Å²) in [5.74, 6) is -0.0647. The molecule has 2 N–H and O–H groups in total. The Hall–Kier alpha value is -2.11. The zero-order valence-electron chi connectivity index (χ0n) is 14.6. The van der Waals surface area contributed by atoms with Crippen molar-refractivity contribution in [3.8, 4) is 5.69 Å². The molecular formula is C19H26N2O3. The summed E-state index contributed by atoms with van der Waals surface area (Å²) in [7, 11) is 0. The van der Waals surface area contributed by atoms with E-state index in [1.54, 1.807) is 0 Å². The van der Waals surface area contributed by atoms with Gasteiger partial charge in [-0.2, -0.15) is 0 Å². The van der Waals surface area contributed by atoms with Gasteiger partial charge in [0, 0.05) is 30.2 Å². The highest BCUT2D eigenvalue weighted by Crippen LogP contribution is 2.23. The van der Waals surface area contributed by atoms with Crippen LogP contribution < -0.4 is 5.32 Å². The summed E-state index contributed by atoms with van der Waals surface area (Å²) >= 11 is 0. The van der Waals surface area contributed by atoms with Gasteiger partial charge in [-0.25, -0.2) is 0 Å². The molecule has 1 heterocycles. The Balaban J connectivity index is 2.06. The molecule has 0 saturated heterocycles. The molecule has 0 unspecified atom stereocenters. The smallest absolute Gasteiger partial charge is 0.253 e. The number of benzene rings is 1. The topological polar surface area (TPSA) is 63.5 Å². The lowest BCUT2D eigenvalue weighted by molar-refractivity contribution is 0.0867. The predicted molar refractivity (Wildman–Crippen MR) is 94.8 cm³/mol. The highest BCUT2D eigenvalue weighted by molar-refractivity contribution is 5.95. The number of para-hydroxylation sites is 1. The van der Waals surface area contributed by atoms with Gasteiger partial charge in [-0.05, 0) is 44.9 Å². The zero-order chi connectivity index (χ0) is 17.5. The van der Waals surface area contributed by atoms with E-state index >= 15 is 0 Å². The lowest BCUT2D eigenvalue weighted by atomic mass is 10.2. The van der Waals surface area contributed by atoms with E-state index in [1.165, 1.54) is 5.56 Å². The molecule has 0 spiro atoms. The fraction of sp³-hybridized carbons (Fsp3) is 0.421. The van der Waals surface area contributed by atoms with Crippen molar-refractivity contribution in [2.24, 2.45) is 0 Å². The molecule has 5 heteroatoms. The van der Waals surface area contributed by atoms with Gasteiger partial charge in [-0.1, -0.05) is 18.2 Å². The van der Waals surface area contributed by atoms with Crippen LogP contribution >= 0.6 is 0 Å². The quantitative estimate of drug-likeness (QED) is 0.731. The minimum Gasteiger partial charge on any atom is -0.394 e. The maximum atomic E-state index is 12.4. The van der Waals surface area contributed by atoms with Crippen LogP contribution in [0.2, 0.25) is 0 Å². The van der Waals surface area contributed by atoms with Crippen LogP contribution in [0.5, 0.6) is 0 Å². The Morgan fingerprint density at radius 2 is 1.96 bits per heavy atom. The van der Waals surface area contributed by atoms with Crippen molar-refractivity contribution in [2.75, 3.05) is 26.4 Å². The molecular weight excluding hydrogens is 304 g/mol. The van der Waals surface area contributed by atoms with Crippen LogP contribution in [-0.2, 0) is 4.74 Å². The number of hydrogen-bond acceptors (Lipinski definition) is 3. The number of aromatic nitrogens is 1.